The number of aryl methyl sites for hydroxylation is 1. The second-order valence-corrected chi connectivity index (χ2v) is 5.41. The Bertz CT molecular complexity index is 520. The number of aromatic carboxylic acids is 1. The number of carbonyl (C=O) groups is 1. The summed E-state index contributed by atoms with van der Waals surface area (Å²) in [4.78, 5) is 12.3. The molecule has 2 heterocycles. The van der Waals surface area contributed by atoms with E-state index in [0.29, 0.717) is 10.7 Å². The lowest BCUT2D eigenvalue weighted by Crippen LogP contribution is -2.08. The van der Waals surface area contributed by atoms with Crippen molar-refractivity contribution >= 4 is 33.8 Å². The fourth-order valence-corrected chi connectivity index (χ4v) is 3.14. The number of nitrogens with one attached hydrogen (secondary N) is 1. The molecule has 2 aromatic heterocycles. The molecule has 90 valence electrons. The third-order valence-corrected chi connectivity index (χ3v) is 4.32. The van der Waals surface area contributed by atoms with Crippen LogP contribution in [0, 0.1) is 6.92 Å². The van der Waals surface area contributed by atoms with Crippen molar-refractivity contribution in [3.8, 4) is 0 Å². The van der Waals surface area contributed by atoms with Gasteiger partial charge >= 0.3 is 5.97 Å². The van der Waals surface area contributed by atoms with Gasteiger partial charge in [0, 0.05) is 4.88 Å². The van der Waals surface area contributed by atoms with Crippen LogP contribution in [0.15, 0.2) is 17.5 Å². The minimum Gasteiger partial charge on any atom is -0.478 e. The molecule has 2 N–H and O–H groups in total. The highest BCUT2D eigenvalue weighted by atomic mass is 32.1. The quantitative estimate of drug-likeness (QED) is 0.892. The van der Waals surface area contributed by atoms with E-state index in [2.05, 4.69) is 9.69 Å². The molecule has 0 saturated heterocycles. The molecule has 2 rings (SSSR count). The first-order chi connectivity index (χ1) is 8.09. The van der Waals surface area contributed by atoms with Crippen LogP contribution in [0.4, 0.5) is 5.00 Å². The van der Waals surface area contributed by atoms with E-state index in [-0.39, 0.29) is 11.6 Å². The molecule has 2 aromatic rings. The van der Waals surface area contributed by atoms with Crippen LogP contribution >= 0.6 is 22.9 Å². The molecule has 0 bridgehead atoms. The maximum atomic E-state index is 11.1. The Kier molecular flexibility index (Phi) is 3.44. The molecule has 0 aromatic carbocycles. The number of thiophene rings is 1. The second kappa shape index (κ2) is 4.85. The summed E-state index contributed by atoms with van der Waals surface area (Å²) in [6, 6.07) is 4.10. The molecule has 0 aliphatic heterocycles. The van der Waals surface area contributed by atoms with Crippen molar-refractivity contribution in [2.24, 2.45) is 0 Å². The van der Waals surface area contributed by atoms with Gasteiger partial charge in [-0.05, 0) is 36.8 Å². The van der Waals surface area contributed by atoms with Crippen molar-refractivity contribution in [2.75, 3.05) is 5.32 Å². The first-order valence-corrected chi connectivity index (χ1v) is 6.74. The van der Waals surface area contributed by atoms with Crippen LogP contribution in [0.5, 0.6) is 0 Å². The molecular formula is C11H12N2O2S2. The van der Waals surface area contributed by atoms with Gasteiger partial charge in [-0.25, -0.2) is 4.79 Å². The average Bonchev–Trinajstić information content (AvgIpc) is 2.87. The Morgan fingerprint density at radius 2 is 2.35 bits per heavy atom. The van der Waals surface area contributed by atoms with Gasteiger partial charge in [0.2, 0.25) is 0 Å². The Morgan fingerprint density at radius 1 is 1.59 bits per heavy atom. The minimum atomic E-state index is -0.933. The van der Waals surface area contributed by atoms with Gasteiger partial charge in [0.05, 0.1) is 11.7 Å². The number of carboxylic acid groups (broad SMARTS) is 1. The number of carboxylic acids is 1. The van der Waals surface area contributed by atoms with Gasteiger partial charge in [-0.3, -0.25) is 0 Å². The number of hydrogen-bond donors (Lipinski definition) is 2. The minimum absolute atomic E-state index is 0.0907. The molecular weight excluding hydrogens is 256 g/mol. The van der Waals surface area contributed by atoms with Crippen LogP contribution in [0.1, 0.15) is 33.9 Å². The normalized spacial score (nSPS) is 12.4. The molecule has 0 amide bonds. The highest BCUT2D eigenvalue weighted by Crippen LogP contribution is 2.29. The van der Waals surface area contributed by atoms with Crippen molar-refractivity contribution in [1.82, 2.24) is 4.37 Å². The van der Waals surface area contributed by atoms with E-state index in [4.69, 9.17) is 5.11 Å². The molecule has 1 atom stereocenters. The van der Waals surface area contributed by atoms with Gasteiger partial charge in [0.15, 0.2) is 0 Å². The van der Waals surface area contributed by atoms with Crippen LogP contribution in [0.25, 0.3) is 0 Å². The van der Waals surface area contributed by atoms with E-state index in [0.717, 1.165) is 0 Å². The average molecular weight is 268 g/mol. The Morgan fingerprint density at radius 3 is 2.94 bits per heavy atom. The van der Waals surface area contributed by atoms with E-state index < -0.39 is 5.97 Å². The largest absolute Gasteiger partial charge is 0.478 e. The summed E-state index contributed by atoms with van der Waals surface area (Å²) in [6.07, 6.45) is 0. The van der Waals surface area contributed by atoms with E-state index in [9.17, 15) is 4.79 Å². The topological polar surface area (TPSA) is 62.2 Å². The summed E-state index contributed by atoms with van der Waals surface area (Å²) >= 11 is 2.84. The summed E-state index contributed by atoms with van der Waals surface area (Å²) in [5.74, 6) is -0.933. The van der Waals surface area contributed by atoms with E-state index in [1.54, 1.807) is 18.3 Å². The van der Waals surface area contributed by atoms with Crippen LogP contribution in [-0.4, -0.2) is 15.4 Å². The van der Waals surface area contributed by atoms with Crippen molar-refractivity contribution in [3.63, 3.8) is 0 Å². The lowest BCUT2D eigenvalue weighted by molar-refractivity contribution is 0.0697. The van der Waals surface area contributed by atoms with Gasteiger partial charge in [0.1, 0.15) is 10.6 Å². The zero-order valence-corrected chi connectivity index (χ0v) is 11.1. The number of hydrogen-bond acceptors (Lipinski definition) is 5. The molecule has 0 saturated carbocycles. The van der Waals surface area contributed by atoms with Gasteiger partial charge in [-0.15, -0.1) is 11.3 Å². The van der Waals surface area contributed by atoms with E-state index in [1.165, 1.54) is 16.4 Å². The number of nitrogens with zero attached hydrogens (tertiary/aromatic N) is 1. The highest BCUT2D eigenvalue weighted by Gasteiger charge is 2.19. The molecule has 4 nitrogen and oxygen atoms in total. The predicted octanol–water partition coefficient (Wildman–Crippen LogP) is 3.38. The molecule has 0 radical (unpaired) electrons. The Balaban J connectivity index is 2.22. The second-order valence-electron chi connectivity index (χ2n) is 3.66. The standard InChI is InChI=1S/C11H12N2O2S2/c1-6(8-4-3-5-16-8)12-10-9(11(14)15)7(2)13-17-10/h3-6,12H,1-2H3,(H,14,15). The lowest BCUT2D eigenvalue weighted by Gasteiger charge is -2.12. The van der Waals surface area contributed by atoms with Crippen LogP contribution < -0.4 is 5.32 Å². The highest BCUT2D eigenvalue weighted by molar-refractivity contribution is 7.11. The maximum absolute atomic E-state index is 11.1. The van der Waals surface area contributed by atoms with Crippen LogP contribution in [0.2, 0.25) is 0 Å². The lowest BCUT2D eigenvalue weighted by atomic mass is 10.2. The monoisotopic (exact) mass is 268 g/mol. The first kappa shape index (κ1) is 12.1. The van der Waals surface area contributed by atoms with E-state index >= 15 is 0 Å². The zero-order chi connectivity index (χ0) is 12.4. The number of rotatable bonds is 4. The molecule has 0 spiro atoms. The van der Waals surface area contributed by atoms with Crippen molar-refractivity contribution in [1.29, 1.82) is 0 Å². The van der Waals surface area contributed by atoms with Crippen molar-refractivity contribution < 1.29 is 9.90 Å². The Hall–Kier alpha value is -1.40. The molecule has 6 heteroatoms. The van der Waals surface area contributed by atoms with Crippen LogP contribution in [0.3, 0.4) is 0 Å². The summed E-state index contributed by atoms with van der Waals surface area (Å²) in [6.45, 7) is 3.72. The van der Waals surface area contributed by atoms with E-state index in [1.807, 2.05) is 24.4 Å². The molecule has 0 aliphatic rings. The van der Waals surface area contributed by atoms with Gasteiger partial charge < -0.3 is 10.4 Å². The van der Waals surface area contributed by atoms with Crippen molar-refractivity contribution in [2.45, 2.75) is 19.9 Å². The van der Waals surface area contributed by atoms with Gasteiger partial charge in [-0.1, -0.05) is 6.07 Å². The third-order valence-electron chi connectivity index (χ3n) is 2.39. The molecule has 17 heavy (non-hydrogen) atoms. The smallest absolute Gasteiger partial charge is 0.340 e. The third kappa shape index (κ3) is 2.48. The molecule has 0 aliphatic carbocycles. The van der Waals surface area contributed by atoms with Crippen molar-refractivity contribution in [3.05, 3.63) is 33.6 Å². The zero-order valence-electron chi connectivity index (χ0n) is 9.43. The number of aromatic nitrogens is 1. The summed E-state index contributed by atoms with van der Waals surface area (Å²) in [5.41, 5.74) is 0.835. The molecule has 1 unspecified atom stereocenters. The first-order valence-electron chi connectivity index (χ1n) is 5.09. The summed E-state index contributed by atoms with van der Waals surface area (Å²) in [5, 5.41) is 14.9. The summed E-state index contributed by atoms with van der Waals surface area (Å²) < 4.78 is 4.07. The van der Waals surface area contributed by atoms with Crippen LogP contribution in [-0.2, 0) is 0 Å². The predicted molar refractivity (Wildman–Crippen MR) is 70.2 cm³/mol. The van der Waals surface area contributed by atoms with Gasteiger partial charge in [-0.2, -0.15) is 4.37 Å². The fourth-order valence-electron chi connectivity index (χ4n) is 1.53. The summed E-state index contributed by atoms with van der Waals surface area (Å²) in [7, 11) is 0. The molecule has 0 fully saturated rings. The number of anilines is 1. The van der Waals surface area contributed by atoms with Gasteiger partial charge in [0.25, 0.3) is 0 Å². The SMILES string of the molecule is Cc1nsc(NC(C)c2cccs2)c1C(=O)O. The maximum Gasteiger partial charge on any atom is 0.340 e. The Labute approximate surface area is 107 Å². The fraction of sp³-hybridized carbons (Fsp3) is 0.273.